The van der Waals surface area contributed by atoms with E-state index in [1.807, 2.05) is 24.3 Å². The van der Waals surface area contributed by atoms with E-state index >= 15 is 0 Å². The summed E-state index contributed by atoms with van der Waals surface area (Å²) >= 11 is 2.49. The molecule has 160 valence electrons. The van der Waals surface area contributed by atoms with Gasteiger partial charge in [-0.05, 0) is 42.3 Å². The predicted molar refractivity (Wildman–Crippen MR) is 117 cm³/mol. The fourth-order valence-electron chi connectivity index (χ4n) is 3.09. The second-order valence-electron chi connectivity index (χ2n) is 6.52. The first kappa shape index (κ1) is 21.3. The second-order valence-corrected chi connectivity index (χ2v) is 8.50. The summed E-state index contributed by atoms with van der Waals surface area (Å²) in [7, 11) is 1.62. The van der Waals surface area contributed by atoms with Crippen molar-refractivity contribution >= 4 is 39.2 Å². The number of aromatic nitrogens is 2. The molecule has 0 aliphatic heterocycles. The van der Waals surface area contributed by atoms with Crippen LogP contribution in [0.25, 0.3) is 10.1 Å². The number of nitrogens with zero attached hydrogens (tertiary/aromatic N) is 2. The smallest absolute Gasteiger partial charge is 0.348 e. The molecule has 0 fully saturated rings. The Morgan fingerprint density at radius 3 is 2.74 bits per heavy atom. The number of hydrogen-bond acceptors (Lipinski definition) is 8. The van der Waals surface area contributed by atoms with Gasteiger partial charge in [-0.25, -0.2) is 9.18 Å². The van der Waals surface area contributed by atoms with Crippen LogP contribution in [-0.2, 0) is 16.9 Å². The molecule has 0 amide bonds. The number of esters is 1. The number of hydrogen-bond donors (Lipinski definition) is 0. The van der Waals surface area contributed by atoms with Crippen LogP contribution in [0.15, 0.2) is 52.1 Å². The van der Waals surface area contributed by atoms with Crippen molar-refractivity contribution in [2.45, 2.75) is 24.3 Å². The molecule has 0 unspecified atom stereocenters. The normalized spacial score (nSPS) is 11.1. The molecule has 0 radical (unpaired) electrons. The highest BCUT2D eigenvalue weighted by Gasteiger charge is 2.22. The van der Waals surface area contributed by atoms with Crippen molar-refractivity contribution in [1.82, 2.24) is 10.2 Å². The number of carbonyl (C=O) groups excluding carboxylic acids is 1. The summed E-state index contributed by atoms with van der Waals surface area (Å²) in [6, 6.07) is 12.4. The zero-order valence-corrected chi connectivity index (χ0v) is 18.5. The highest BCUT2D eigenvalue weighted by atomic mass is 32.2. The maximum absolute atomic E-state index is 14.5. The largest absolute Gasteiger partial charge is 0.497 e. The lowest BCUT2D eigenvalue weighted by Crippen LogP contribution is -2.05. The van der Waals surface area contributed by atoms with Crippen LogP contribution in [0.5, 0.6) is 5.75 Å². The number of halogens is 1. The molecule has 0 spiro atoms. The molecule has 0 saturated heterocycles. The number of fused-ring (bicyclic) bond motifs is 1. The zero-order chi connectivity index (χ0) is 21.8. The number of benzene rings is 2. The van der Waals surface area contributed by atoms with Gasteiger partial charge in [0.15, 0.2) is 0 Å². The van der Waals surface area contributed by atoms with Gasteiger partial charge in [0, 0.05) is 15.8 Å². The molecule has 0 atom stereocenters. The monoisotopic (exact) mass is 458 g/mol. The van der Waals surface area contributed by atoms with Crippen LogP contribution < -0.4 is 4.74 Å². The summed E-state index contributed by atoms with van der Waals surface area (Å²) < 4.78 is 31.3. The van der Waals surface area contributed by atoms with Crippen molar-refractivity contribution in [3.8, 4) is 5.75 Å². The van der Waals surface area contributed by atoms with Crippen LogP contribution in [0.3, 0.4) is 0 Å². The lowest BCUT2D eigenvalue weighted by atomic mass is 10.1. The van der Waals surface area contributed by atoms with Gasteiger partial charge in [-0.2, -0.15) is 0 Å². The standard InChI is InChI=1S/C22H19FN2O4S2/c1-3-28-21(26)20-15(19-16(23)5-4-6-17(19)31-20)12-30-22-25-24-18(29-22)11-13-7-9-14(27-2)10-8-13/h4-10H,3,11-12H2,1-2H3. The van der Waals surface area contributed by atoms with Gasteiger partial charge in [-0.1, -0.05) is 30.0 Å². The number of thiophene rings is 1. The Bertz CT molecular complexity index is 1200. The zero-order valence-electron chi connectivity index (χ0n) is 16.9. The highest BCUT2D eigenvalue weighted by molar-refractivity contribution is 7.98. The van der Waals surface area contributed by atoms with Gasteiger partial charge in [0.05, 0.1) is 20.1 Å². The van der Waals surface area contributed by atoms with E-state index in [0.717, 1.165) is 11.3 Å². The average Bonchev–Trinajstić information content (AvgIpc) is 3.38. The first-order valence-electron chi connectivity index (χ1n) is 9.54. The number of thioether (sulfide) groups is 1. The maximum Gasteiger partial charge on any atom is 0.348 e. The molecule has 6 nitrogen and oxygen atoms in total. The third kappa shape index (κ3) is 4.72. The third-order valence-corrected chi connectivity index (χ3v) is 6.55. The minimum atomic E-state index is -0.454. The lowest BCUT2D eigenvalue weighted by molar-refractivity contribution is 0.0531. The molecule has 0 saturated carbocycles. The van der Waals surface area contributed by atoms with E-state index in [2.05, 4.69) is 10.2 Å². The molecule has 2 heterocycles. The van der Waals surface area contributed by atoms with E-state index in [1.165, 1.54) is 29.2 Å². The van der Waals surface area contributed by atoms with Gasteiger partial charge in [0.25, 0.3) is 5.22 Å². The van der Waals surface area contributed by atoms with Crippen LogP contribution >= 0.6 is 23.1 Å². The van der Waals surface area contributed by atoms with Crippen LogP contribution in [-0.4, -0.2) is 29.9 Å². The van der Waals surface area contributed by atoms with Crippen molar-refractivity contribution in [3.05, 3.63) is 70.2 Å². The summed E-state index contributed by atoms with van der Waals surface area (Å²) in [6.07, 6.45) is 0.488. The van der Waals surface area contributed by atoms with Crippen molar-refractivity contribution in [2.24, 2.45) is 0 Å². The number of carbonyl (C=O) groups is 1. The van der Waals surface area contributed by atoms with Crippen molar-refractivity contribution in [2.75, 3.05) is 13.7 Å². The number of rotatable bonds is 8. The average molecular weight is 459 g/mol. The lowest BCUT2D eigenvalue weighted by Gasteiger charge is -2.03. The van der Waals surface area contributed by atoms with Gasteiger partial charge < -0.3 is 13.9 Å². The molecule has 4 rings (SSSR count). The molecule has 0 aliphatic carbocycles. The van der Waals surface area contributed by atoms with E-state index < -0.39 is 5.97 Å². The van der Waals surface area contributed by atoms with Crippen LogP contribution in [0.4, 0.5) is 4.39 Å². The second kappa shape index (κ2) is 9.49. The summed E-state index contributed by atoms with van der Waals surface area (Å²) in [4.78, 5) is 12.8. The van der Waals surface area contributed by atoms with Gasteiger partial charge in [-0.3, -0.25) is 0 Å². The van der Waals surface area contributed by atoms with E-state index in [1.54, 1.807) is 26.2 Å². The van der Waals surface area contributed by atoms with E-state index in [-0.39, 0.29) is 12.4 Å². The Morgan fingerprint density at radius 2 is 2.00 bits per heavy atom. The minimum Gasteiger partial charge on any atom is -0.497 e. The molecule has 2 aromatic heterocycles. The molecule has 31 heavy (non-hydrogen) atoms. The van der Waals surface area contributed by atoms with Crippen molar-refractivity contribution in [3.63, 3.8) is 0 Å². The molecular formula is C22H19FN2O4S2. The minimum absolute atomic E-state index is 0.251. The fraction of sp³-hybridized carbons (Fsp3) is 0.227. The Balaban J connectivity index is 1.52. The number of ether oxygens (including phenoxy) is 2. The van der Waals surface area contributed by atoms with Crippen molar-refractivity contribution in [1.29, 1.82) is 0 Å². The fourth-order valence-corrected chi connectivity index (χ4v) is 5.12. The molecule has 0 bridgehead atoms. The van der Waals surface area contributed by atoms with Crippen LogP contribution in [0.2, 0.25) is 0 Å². The van der Waals surface area contributed by atoms with Gasteiger partial charge in [0.1, 0.15) is 16.4 Å². The Hall–Kier alpha value is -2.91. The Labute approximate surface area is 186 Å². The molecule has 9 heteroatoms. The molecule has 4 aromatic rings. The summed E-state index contributed by atoms with van der Waals surface area (Å²) in [6.45, 7) is 1.99. The summed E-state index contributed by atoms with van der Waals surface area (Å²) in [5, 5.41) is 8.95. The van der Waals surface area contributed by atoms with Crippen molar-refractivity contribution < 1.29 is 23.1 Å². The molecular weight excluding hydrogens is 439 g/mol. The van der Waals surface area contributed by atoms with Crippen LogP contribution in [0, 0.1) is 5.82 Å². The van der Waals surface area contributed by atoms with E-state index in [4.69, 9.17) is 13.9 Å². The number of methoxy groups -OCH3 is 1. The molecule has 0 N–H and O–H groups in total. The highest BCUT2D eigenvalue weighted by Crippen LogP contribution is 2.37. The SMILES string of the molecule is CCOC(=O)c1sc2cccc(F)c2c1CSc1nnc(Cc2ccc(OC)cc2)o1. The predicted octanol–water partition coefficient (Wildman–Crippen LogP) is 5.49. The Kier molecular flexibility index (Phi) is 6.53. The quantitative estimate of drug-likeness (QED) is 0.255. The summed E-state index contributed by atoms with van der Waals surface area (Å²) in [5.41, 5.74) is 1.59. The third-order valence-electron chi connectivity index (χ3n) is 4.53. The maximum atomic E-state index is 14.5. The van der Waals surface area contributed by atoms with Gasteiger partial charge in [-0.15, -0.1) is 21.5 Å². The first-order valence-corrected chi connectivity index (χ1v) is 11.3. The topological polar surface area (TPSA) is 74.5 Å². The van der Waals surface area contributed by atoms with Gasteiger partial charge >= 0.3 is 5.97 Å². The Morgan fingerprint density at radius 1 is 1.19 bits per heavy atom. The molecule has 0 aliphatic rings. The van der Waals surface area contributed by atoms with Crippen LogP contribution in [0.1, 0.15) is 33.6 Å². The van der Waals surface area contributed by atoms with E-state index in [0.29, 0.717) is 43.8 Å². The summed E-state index contributed by atoms with van der Waals surface area (Å²) in [5.74, 6) is 0.729. The van der Waals surface area contributed by atoms with Gasteiger partial charge in [0.2, 0.25) is 5.89 Å². The molecule has 2 aromatic carbocycles. The van der Waals surface area contributed by atoms with E-state index in [9.17, 15) is 9.18 Å². The first-order chi connectivity index (χ1) is 15.1.